The van der Waals surface area contributed by atoms with Gasteiger partial charge in [0, 0.05) is 30.0 Å². The van der Waals surface area contributed by atoms with E-state index in [1.165, 1.54) is 0 Å². The molecule has 0 aliphatic rings. The Kier molecular flexibility index (Phi) is 6.56. The van der Waals surface area contributed by atoms with Gasteiger partial charge in [-0.05, 0) is 37.5 Å². The zero-order valence-electron chi connectivity index (χ0n) is 11.3. The second-order valence-electron chi connectivity index (χ2n) is 4.25. The lowest BCUT2D eigenvalue weighted by Crippen LogP contribution is -2.20. The van der Waals surface area contributed by atoms with E-state index in [0.29, 0.717) is 17.7 Å². The maximum Gasteiger partial charge on any atom is 0.251 e. The van der Waals surface area contributed by atoms with Gasteiger partial charge in [0.25, 0.3) is 5.91 Å². The highest BCUT2D eigenvalue weighted by molar-refractivity contribution is 9.09. The number of alkyl halides is 1. The second kappa shape index (κ2) is 7.94. The van der Waals surface area contributed by atoms with Crippen LogP contribution < -0.4 is 10.6 Å². The summed E-state index contributed by atoms with van der Waals surface area (Å²) in [4.78, 5) is 23.4. The molecule has 0 spiro atoms. The van der Waals surface area contributed by atoms with E-state index < -0.39 is 0 Å². The van der Waals surface area contributed by atoms with E-state index in [9.17, 15) is 9.59 Å². The Bertz CT molecular complexity index is 461. The molecule has 0 atom stereocenters. The summed E-state index contributed by atoms with van der Waals surface area (Å²) in [5, 5.41) is 6.35. The van der Waals surface area contributed by atoms with Gasteiger partial charge in [0.1, 0.15) is 0 Å². The molecule has 0 aromatic heterocycles. The van der Waals surface area contributed by atoms with Crippen LogP contribution in [0.3, 0.4) is 0 Å². The Balaban J connectivity index is 2.73. The molecule has 0 bridgehead atoms. The van der Waals surface area contributed by atoms with E-state index in [0.717, 1.165) is 23.7 Å². The molecule has 0 unspecified atom stereocenters. The molecule has 0 aliphatic carbocycles. The Morgan fingerprint density at radius 3 is 2.63 bits per heavy atom. The molecular formula is C14H19BrN2O2. The maximum absolute atomic E-state index is 11.8. The highest BCUT2D eigenvalue weighted by Gasteiger charge is 2.11. The first-order valence-electron chi connectivity index (χ1n) is 6.27. The summed E-state index contributed by atoms with van der Waals surface area (Å²) in [6.45, 7) is 1.83. The van der Waals surface area contributed by atoms with Crippen molar-refractivity contribution < 1.29 is 9.59 Å². The second-order valence-corrected chi connectivity index (χ2v) is 5.04. The summed E-state index contributed by atoms with van der Waals surface area (Å²) in [6, 6.07) is 5.32. The normalized spacial score (nSPS) is 10.1. The highest BCUT2D eigenvalue weighted by atomic mass is 79.9. The van der Waals surface area contributed by atoms with Crippen LogP contribution in [0.25, 0.3) is 0 Å². The molecule has 1 rings (SSSR count). The van der Waals surface area contributed by atoms with Crippen LogP contribution in [0.15, 0.2) is 18.2 Å². The number of carbonyl (C=O) groups excluding carboxylic acids is 2. The molecule has 0 saturated carbocycles. The van der Waals surface area contributed by atoms with Gasteiger partial charge in [-0.2, -0.15) is 0 Å². The lowest BCUT2D eigenvalue weighted by atomic mass is 10.1. The van der Waals surface area contributed by atoms with E-state index in [1.54, 1.807) is 19.2 Å². The summed E-state index contributed by atoms with van der Waals surface area (Å²) in [7, 11) is 1.59. The largest absolute Gasteiger partial charge is 0.355 e. The van der Waals surface area contributed by atoms with Gasteiger partial charge in [0.15, 0.2) is 0 Å². The number of carbonyl (C=O) groups is 2. The van der Waals surface area contributed by atoms with Crippen LogP contribution in [0.4, 0.5) is 5.69 Å². The fourth-order valence-corrected chi connectivity index (χ4v) is 2.14. The van der Waals surface area contributed by atoms with E-state index >= 15 is 0 Å². The molecule has 0 radical (unpaired) electrons. The van der Waals surface area contributed by atoms with Gasteiger partial charge in [-0.1, -0.05) is 22.0 Å². The minimum atomic E-state index is -0.145. The number of nitrogens with one attached hydrogen (secondary N) is 2. The third-order valence-corrected chi connectivity index (χ3v) is 3.43. The van der Waals surface area contributed by atoms with Gasteiger partial charge in [0.2, 0.25) is 5.91 Å². The molecule has 0 aliphatic heterocycles. The molecule has 2 amide bonds. The van der Waals surface area contributed by atoms with Crippen LogP contribution in [-0.2, 0) is 4.79 Å². The topological polar surface area (TPSA) is 58.2 Å². The van der Waals surface area contributed by atoms with Crippen LogP contribution in [0.1, 0.15) is 35.2 Å². The van der Waals surface area contributed by atoms with Gasteiger partial charge in [0.05, 0.1) is 0 Å². The number of hydrogen-bond acceptors (Lipinski definition) is 2. The van der Waals surface area contributed by atoms with Crippen LogP contribution in [-0.4, -0.2) is 24.2 Å². The average Bonchev–Trinajstić information content (AvgIpc) is 2.40. The minimum absolute atomic E-state index is 0.0156. The molecule has 1 aromatic rings. The van der Waals surface area contributed by atoms with Crippen molar-refractivity contribution in [3.63, 3.8) is 0 Å². The Morgan fingerprint density at radius 2 is 2.00 bits per heavy atom. The van der Waals surface area contributed by atoms with Gasteiger partial charge in [-0.3, -0.25) is 9.59 Å². The fourth-order valence-electron chi connectivity index (χ4n) is 1.74. The predicted molar refractivity (Wildman–Crippen MR) is 80.8 cm³/mol. The van der Waals surface area contributed by atoms with Crippen molar-refractivity contribution in [2.45, 2.75) is 26.2 Å². The Hall–Kier alpha value is -1.36. The zero-order chi connectivity index (χ0) is 14.3. The van der Waals surface area contributed by atoms with E-state index in [2.05, 4.69) is 26.6 Å². The highest BCUT2D eigenvalue weighted by Crippen LogP contribution is 2.19. The van der Waals surface area contributed by atoms with Crippen molar-refractivity contribution in [2.75, 3.05) is 17.7 Å². The number of hydrogen-bond donors (Lipinski definition) is 2. The van der Waals surface area contributed by atoms with Gasteiger partial charge in [-0.25, -0.2) is 0 Å². The van der Waals surface area contributed by atoms with E-state index in [4.69, 9.17) is 0 Å². The van der Waals surface area contributed by atoms with Gasteiger partial charge in [-0.15, -0.1) is 0 Å². The minimum Gasteiger partial charge on any atom is -0.355 e. The number of amides is 2. The summed E-state index contributed by atoms with van der Waals surface area (Å²) in [5.41, 5.74) is 2.07. The van der Waals surface area contributed by atoms with Crippen molar-refractivity contribution in [3.05, 3.63) is 29.3 Å². The number of anilines is 1. The number of benzene rings is 1. The average molecular weight is 327 g/mol. The van der Waals surface area contributed by atoms with Crippen molar-refractivity contribution in [3.8, 4) is 0 Å². The lowest BCUT2D eigenvalue weighted by molar-refractivity contribution is -0.116. The monoisotopic (exact) mass is 326 g/mol. The number of halogens is 1. The summed E-state index contributed by atoms with van der Waals surface area (Å²) >= 11 is 3.34. The van der Waals surface area contributed by atoms with Crippen LogP contribution in [0.2, 0.25) is 0 Å². The van der Waals surface area contributed by atoms with Gasteiger partial charge < -0.3 is 10.6 Å². The third kappa shape index (κ3) is 4.67. The first kappa shape index (κ1) is 15.7. The Labute approximate surface area is 122 Å². The molecule has 1 aromatic carbocycles. The molecule has 104 valence electrons. The van der Waals surface area contributed by atoms with Crippen LogP contribution in [0, 0.1) is 6.92 Å². The molecule has 2 N–H and O–H groups in total. The molecule has 5 heteroatoms. The van der Waals surface area contributed by atoms with Gasteiger partial charge >= 0.3 is 0 Å². The van der Waals surface area contributed by atoms with E-state index in [1.807, 2.05) is 13.0 Å². The molecule has 0 saturated heterocycles. The van der Waals surface area contributed by atoms with Crippen LogP contribution in [0.5, 0.6) is 0 Å². The molecule has 4 nitrogen and oxygen atoms in total. The standard InChI is InChI=1S/C14H19BrN2O2/c1-10-11(14(19)16-2)6-5-7-12(10)17-13(18)8-3-4-9-15/h5-7H,3-4,8-9H2,1-2H3,(H,16,19)(H,17,18). The zero-order valence-corrected chi connectivity index (χ0v) is 12.8. The Morgan fingerprint density at radius 1 is 1.26 bits per heavy atom. The molecular weight excluding hydrogens is 308 g/mol. The molecule has 19 heavy (non-hydrogen) atoms. The summed E-state index contributed by atoms with van der Waals surface area (Å²) in [6.07, 6.45) is 2.32. The van der Waals surface area contributed by atoms with Crippen molar-refractivity contribution in [2.24, 2.45) is 0 Å². The number of unbranched alkanes of at least 4 members (excludes halogenated alkanes) is 1. The first-order chi connectivity index (χ1) is 9.10. The first-order valence-corrected chi connectivity index (χ1v) is 7.39. The van der Waals surface area contributed by atoms with Crippen molar-refractivity contribution in [1.29, 1.82) is 0 Å². The molecule has 0 heterocycles. The lowest BCUT2D eigenvalue weighted by Gasteiger charge is -2.11. The van der Waals surface area contributed by atoms with Crippen molar-refractivity contribution in [1.82, 2.24) is 5.32 Å². The van der Waals surface area contributed by atoms with Crippen molar-refractivity contribution >= 4 is 33.4 Å². The fraction of sp³-hybridized carbons (Fsp3) is 0.429. The smallest absolute Gasteiger partial charge is 0.251 e. The predicted octanol–water partition coefficient (Wildman–Crippen LogP) is 2.86. The number of rotatable bonds is 6. The third-order valence-electron chi connectivity index (χ3n) is 2.87. The summed E-state index contributed by atoms with van der Waals surface area (Å²) < 4.78 is 0. The van der Waals surface area contributed by atoms with E-state index in [-0.39, 0.29) is 11.8 Å². The van der Waals surface area contributed by atoms with Crippen LogP contribution >= 0.6 is 15.9 Å². The summed E-state index contributed by atoms with van der Waals surface area (Å²) in [5.74, 6) is -0.161. The quantitative estimate of drug-likeness (QED) is 0.623. The SMILES string of the molecule is CNC(=O)c1cccc(NC(=O)CCCCBr)c1C. The molecule has 0 fully saturated rings. The maximum atomic E-state index is 11.8.